The van der Waals surface area contributed by atoms with Gasteiger partial charge < -0.3 is 27.0 Å². The Morgan fingerprint density at radius 1 is 0.971 bits per heavy atom. The summed E-state index contributed by atoms with van der Waals surface area (Å²) in [5.41, 5.74) is 14.6. The summed E-state index contributed by atoms with van der Waals surface area (Å²) in [5, 5.41) is 6.63. The van der Waals surface area contributed by atoms with Crippen LogP contribution >= 0.6 is 0 Å². The van der Waals surface area contributed by atoms with Crippen molar-refractivity contribution in [3.63, 3.8) is 0 Å². The van der Waals surface area contributed by atoms with Crippen LogP contribution in [0.5, 0.6) is 0 Å². The van der Waals surface area contributed by atoms with Crippen molar-refractivity contribution in [1.82, 2.24) is 4.98 Å². The highest BCUT2D eigenvalue weighted by molar-refractivity contribution is 6.06. The number of nitrogen functional groups attached to an aromatic ring is 1. The number of pyridine rings is 1. The number of fused-ring (bicyclic) bond motifs is 1. The monoisotopic (exact) mass is 472 g/mol. The molecule has 4 aromatic rings. The van der Waals surface area contributed by atoms with Crippen molar-refractivity contribution in [2.24, 2.45) is 5.73 Å². The van der Waals surface area contributed by atoms with Crippen molar-refractivity contribution in [3.8, 4) is 0 Å². The van der Waals surface area contributed by atoms with E-state index in [1.807, 2.05) is 31.1 Å². The lowest BCUT2D eigenvalue weighted by Gasteiger charge is -2.15. The Morgan fingerprint density at radius 3 is 2.40 bits per heavy atom. The lowest BCUT2D eigenvalue weighted by molar-refractivity contribution is 0.0997. The van der Waals surface area contributed by atoms with Crippen molar-refractivity contribution in [1.29, 1.82) is 0 Å². The molecule has 4 rings (SSSR count). The third kappa shape index (κ3) is 5.30. The topological polar surface area (TPSA) is 126 Å². The Kier molecular flexibility index (Phi) is 6.50. The highest BCUT2D eigenvalue weighted by Crippen LogP contribution is 2.25. The number of halogens is 1. The smallest absolute Gasteiger partial charge is 0.255 e. The average molecular weight is 473 g/mol. The third-order valence-corrected chi connectivity index (χ3v) is 5.55. The van der Waals surface area contributed by atoms with E-state index >= 15 is 0 Å². The van der Waals surface area contributed by atoms with E-state index in [-0.39, 0.29) is 12.1 Å². The number of hydrogen-bond donors (Lipinski definition) is 4. The van der Waals surface area contributed by atoms with Gasteiger partial charge in [0.1, 0.15) is 11.6 Å². The van der Waals surface area contributed by atoms with Crippen LogP contribution in [0.3, 0.4) is 0 Å². The van der Waals surface area contributed by atoms with Crippen LogP contribution in [0.25, 0.3) is 10.9 Å². The summed E-state index contributed by atoms with van der Waals surface area (Å²) in [7, 11) is 3.78. The maximum Gasteiger partial charge on any atom is 0.255 e. The van der Waals surface area contributed by atoms with Crippen LogP contribution in [0.1, 0.15) is 26.3 Å². The molecule has 0 fully saturated rings. The first-order valence-corrected chi connectivity index (χ1v) is 10.8. The molecule has 1 aromatic heterocycles. The predicted octanol–water partition coefficient (Wildman–Crippen LogP) is 3.99. The number of carbonyl (C=O) groups excluding carboxylic acids is 2. The second kappa shape index (κ2) is 9.68. The molecule has 9 heteroatoms. The minimum atomic E-state index is -0.536. The lowest BCUT2D eigenvalue weighted by Crippen LogP contribution is -2.15. The maximum absolute atomic E-state index is 14.7. The van der Waals surface area contributed by atoms with Crippen LogP contribution in [0.15, 0.2) is 66.7 Å². The van der Waals surface area contributed by atoms with Crippen molar-refractivity contribution >= 4 is 45.6 Å². The van der Waals surface area contributed by atoms with Gasteiger partial charge in [0.25, 0.3) is 5.91 Å². The molecule has 0 aliphatic carbocycles. The van der Waals surface area contributed by atoms with Crippen molar-refractivity contribution in [2.45, 2.75) is 6.54 Å². The van der Waals surface area contributed by atoms with E-state index in [1.54, 1.807) is 48.5 Å². The SMILES string of the molecule is CN(C)c1ccc(NC(=O)c2ccc(CNc3ccc4ccc(C(N)=O)cc4n3)c(F)c2)c(N)c1. The standard InChI is InChI=1S/C26H25FN6O2/c1-33(2)19-8-9-22(21(28)13-19)32-26(35)17-5-6-18(20(27)11-17)14-30-24-10-7-15-3-4-16(25(29)34)12-23(15)31-24/h3-13H,14,28H2,1-2H3,(H2,29,34)(H,30,31)(H,32,35). The summed E-state index contributed by atoms with van der Waals surface area (Å²) in [4.78, 5) is 30.4. The fraction of sp³-hybridized carbons (Fsp3) is 0.115. The number of nitrogens with zero attached hydrogens (tertiary/aromatic N) is 2. The summed E-state index contributed by atoms with van der Waals surface area (Å²) in [6.45, 7) is 0.153. The van der Waals surface area contributed by atoms with E-state index in [2.05, 4.69) is 15.6 Å². The lowest BCUT2D eigenvalue weighted by atomic mass is 10.1. The zero-order chi connectivity index (χ0) is 25.1. The number of nitrogens with one attached hydrogen (secondary N) is 2. The number of rotatable bonds is 7. The first-order valence-electron chi connectivity index (χ1n) is 10.8. The van der Waals surface area contributed by atoms with E-state index < -0.39 is 17.6 Å². The van der Waals surface area contributed by atoms with Crippen LogP contribution in [0.4, 0.5) is 27.3 Å². The summed E-state index contributed by atoms with van der Waals surface area (Å²) in [6, 6.07) is 18.2. The van der Waals surface area contributed by atoms with Gasteiger partial charge in [-0.2, -0.15) is 0 Å². The second-order valence-electron chi connectivity index (χ2n) is 8.25. The Balaban J connectivity index is 1.44. The molecule has 0 spiro atoms. The second-order valence-corrected chi connectivity index (χ2v) is 8.25. The third-order valence-electron chi connectivity index (χ3n) is 5.55. The number of aromatic nitrogens is 1. The fourth-order valence-corrected chi connectivity index (χ4v) is 3.52. The van der Waals surface area contributed by atoms with Crippen molar-refractivity contribution < 1.29 is 14.0 Å². The van der Waals surface area contributed by atoms with E-state index in [4.69, 9.17) is 11.5 Å². The van der Waals surface area contributed by atoms with Crippen molar-refractivity contribution in [3.05, 3.63) is 89.2 Å². The van der Waals surface area contributed by atoms with Gasteiger partial charge in [0, 0.05) is 48.4 Å². The number of anilines is 4. The van der Waals surface area contributed by atoms with Crippen LogP contribution in [-0.4, -0.2) is 30.9 Å². The van der Waals surface area contributed by atoms with Gasteiger partial charge in [0.2, 0.25) is 5.91 Å². The normalized spacial score (nSPS) is 10.7. The number of benzene rings is 3. The molecule has 0 aliphatic heterocycles. The number of nitrogens with two attached hydrogens (primary N) is 2. The summed E-state index contributed by atoms with van der Waals surface area (Å²) in [5.74, 6) is -1.02. The van der Waals surface area contributed by atoms with E-state index in [0.717, 1.165) is 11.1 Å². The molecule has 2 amide bonds. The first kappa shape index (κ1) is 23.5. The van der Waals surface area contributed by atoms with E-state index in [1.165, 1.54) is 6.07 Å². The molecule has 0 unspecified atom stereocenters. The molecular weight excluding hydrogens is 447 g/mol. The van der Waals surface area contributed by atoms with E-state index in [0.29, 0.717) is 33.8 Å². The molecule has 0 saturated carbocycles. The average Bonchev–Trinajstić information content (AvgIpc) is 2.83. The van der Waals surface area contributed by atoms with Gasteiger partial charge in [-0.3, -0.25) is 9.59 Å². The van der Waals surface area contributed by atoms with Crippen LogP contribution in [-0.2, 0) is 6.54 Å². The van der Waals surface area contributed by atoms with Crippen LogP contribution in [0, 0.1) is 5.82 Å². The molecule has 0 atom stereocenters. The molecule has 1 heterocycles. The molecule has 3 aromatic carbocycles. The fourth-order valence-electron chi connectivity index (χ4n) is 3.52. The van der Waals surface area contributed by atoms with Gasteiger partial charge in [-0.1, -0.05) is 12.1 Å². The van der Waals surface area contributed by atoms with Gasteiger partial charge in [0.15, 0.2) is 0 Å². The molecule has 178 valence electrons. The molecular formula is C26H25FN6O2. The molecule has 0 saturated heterocycles. The van der Waals surface area contributed by atoms with Crippen LogP contribution in [0.2, 0.25) is 0 Å². The van der Waals surface area contributed by atoms with Gasteiger partial charge in [-0.05, 0) is 54.6 Å². The molecule has 35 heavy (non-hydrogen) atoms. The Hall–Kier alpha value is -4.66. The number of carbonyl (C=O) groups is 2. The Bertz CT molecular complexity index is 1440. The van der Waals surface area contributed by atoms with Gasteiger partial charge in [-0.15, -0.1) is 0 Å². The number of primary amides is 1. The Morgan fingerprint density at radius 2 is 1.71 bits per heavy atom. The molecule has 6 N–H and O–H groups in total. The minimum absolute atomic E-state index is 0.153. The molecule has 8 nitrogen and oxygen atoms in total. The molecule has 0 aliphatic rings. The van der Waals surface area contributed by atoms with Gasteiger partial charge in [-0.25, -0.2) is 9.37 Å². The molecule has 0 radical (unpaired) electrons. The Labute approximate surface area is 201 Å². The van der Waals surface area contributed by atoms with Gasteiger partial charge >= 0.3 is 0 Å². The summed E-state index contributed by atoms with van der Waals surface area (Å²) >= 11 is 0. The quantitative estimate of drug-likeness (QED) is 0.301. The number of amides is 2. The molecule has 0 bridgehead atoms. The zero-order valence-corrected chi connectivity index (χ0v) is 19.3. The highest BCUT2D eigenvalue weighted by Gasteiger charge is 2.13. The predicted molar refractivity (Wildman–Crippen MR) is 137 cm³/mol. The first-order chi connectivity index (χ1) is 16.7. The largest absolute Gasteiger partial charge is 0.397 e. The van der Waals surface area contributed by atoms with Crippen molar-refractivity contribution in [2.75, 3.05) is 35.4 Å². The van der Waals surface area contributed by atoms with Gasteiger partial charge in [0.05, 0.1) is 16.9 Å². The summed E-state index contributed by atoms with van der Waals surface area (Å²) in [6.07, 6.45) is 0. The van der Waals surface area contributed by atoms with E-state index in [9.17, 15) is 14.0 Å². The maximum atomic E-state index is 14.7. The minimum Gasteiger partial charge on any atom is -0.397 e. The summed E-state index contributed by atoms with van der Waals surface area (Å²) < 4.78 is 14.7. The van der Waals surface area contributed by atoms with Crippen LogP contribution < -0.4 is 27.0 Å². The number of hydrogen-bond acceptors (Lipinski definition) is 6. The zero-order valence-electron chi connectivity index (χ0n) is 19.3. The highest BCUT2D eigenvalue weighted by atomic mass is 19.1.